The van der Waals surface area contributed by atoms with Crippen molar-refractivity contribution >= 4 is 25.7 Å². The molecule has 0 aromatic heterocycles. The molecule has 12 heteroatoms. The molecule has 0 fully saturated rings. The number of esters is 3. The van der Waals surface area contributed by atoms with Gasteiger partial charge in [0.25, 0.3) is 0 Å². The molecule has 2 N–H and O–H groups in total. The fourth-order valence-corrected chi connectivity index (χ4v) is 8.12. The van der Waals surface area contributed by atoms with Gasteiger partial charge in [-0.15, -0.1) is 0 Å². The summed E-state index contributed by atoms with van der Waals surface area (Å²) in [6, 6.07) is 0. The molecule has 0 aromatic carbocycles. The Balaban J connectivity index is 4.79. The number of aliphatic hydroxyl groups is 1. The van der Waals surface area contributed by atoms with Gasteiger partial charge in [0.05, 0.1) is 19.8 Å². The normalized spacial score (nSPS) is 14.0. The number of allylic oxidation sites excluding steroid dienone is 12. The predicted octanol–water partition coefficient (Wildman–Crippen LogP) is 16.1. The van der Waals surface area contributed by atoms with Crippen LogP contribution in [-0.2, 0) is 42.2 Å². The molecule has 0 aliphatic rings. The van der Waals surface area contributed by atoms with Crippen molar-refractivity contribution < 1.29 is 52.2 Å². The first-order chi connectivity index (χ1) is 34.2. The Morgan fingerprint density at radius 1 is 0.414 bits per heavy atom. The second-order valence-electron chi connectivity index (χ2n) is 18.4. The van der Waals surface area contributed by atoms with E-state index in [1.807, 2.05) is 0 Å². The largest absolute Gasteiger partial charge is 0.472 e. The van der Waals surface area contributed by atoms with E-state index in [1.165, 1.54) is 44.9 Å². The van der Waals surface area contributed by atoms with Gasteiger partial charge in [0, 0.05) is 19.3 Å². The number of phosphoric ester groups is 1. The molecule has 0 spiro atoms. The van der Waals surface area contributed by atoms with E-state index in [0.29, 0.717) is 19.3 Å². The average molecular weight is 1010 g/mol. The summed E-state index contributed by atoms with van der Waals surface area (Å²) in [5.74, 6) is -1.51. The minimum atomic E-state index is -4.76. The van der Waals surface area contributed by atoms with Crippen LogP contribution in [0.4, 0.5) is 0 Å². The molecule has 0 saturated carbocycles. The summed E-state index contributed by atoms with van der Waals surface area (Å²) in [5.41, 5.74) is 0. The maximum atomic E-state index is 12.9. The van der Waals surface area contributed by atoms with E-state index in [1.54, 1.807) is 0 Å². The molecule has 3 atom stereocenters. The summed E-state index contributed by atoms with van der Waals surface area (Å²) in [4.78, 5) is 48.4. The highest BCUT2D eigenvalue weighted by molar-refractivity contribution is 7.47. The first-order valence-electron chi connectivity index (χ1n) is 27.8. The molecule has 0 rings (SSSR count). The zero-order valence-corrected chi connectivity index (χ0v) is 45.4. The van der Waals surface area contributed by atoms with Crippen LogP contribution < -0.4 is 0 Å². The van der Waals surface area contributed by atoms with Crippen molar-refractivity contribution in [1.82, 2.24) is 0 Å². The van der Waals surface area contributed by atoms with Gasteiger partial charge in [-0.25, -0.2) is 4.57 Å². The second-order valence-corrected chi connectivity index (χ2v) is 19.8. The monoisotopic (exact) mass is 1000 g/mol. The molecule has 0 aliphatic heterocycles. The molecular weight excluding hydrogens is 904 g/mol. The SMILES string of the molecule is CC/C=C\C/C=C\C/C=C\CCCCCCCC(=O)OC(COC(=O)CCCCCCC/C=C\C/C=C\CCCCC)COP(=O)(O)OCC(CO)OC(=O)CCCCCCC/C=C\CCCCCC. The van der Waals surface area contributed by atoms with Crippen molar-refractivity contribution in [3.8, 4) is 0 Å². The minimum Gasteiger partial charge on any atom is -0.462 e. The lowest BCUT2D eigenvalue weighted by molar-refractivity contribution is -0.161. The summed E-state index contributed by atoms with van der Waals surface area (Å²) < 4.78 is 39.4. The average Bonchev–Trinajstić information content (AvgIpc) is 3.35. The van der Waals surface area contributed by atoms with Crippen molar-refractivity contribution in [3.05, 3.63) is 72.9 Å². The van der Waals surface area contributed by atoms with Gasteiger partial charge in [-0.3, -0.25) is 23.4 Å². The van der Waals surface area contributed by atoms with Crippen LogP contribution in [0.25, 0.3) is 0 Å². The summed E-state index contributed by atoms with van der Waals surface area (Å²) in [7, 11) is -4.76. The number of carbonyl (C=O) groups is 3. The van der Waals surface area contributed by atoms with Crippen LogP contribution in [0.5, 0.6) is 0 Å². The van der Waals surface area contributed by atoms with Crippen LogP contribution in [-0.4, -0.2) is 66.5 Å². The van der Waals surface area contributed by atoms with Crippen molar-refractivity contribution in [2.24, 2.45) is 0 Å². The lowest BCUT2D eigenvalue weighted by atomic mass is 10.1. The Bertz CT molecular complexity index is 1450. The minimum absolute atomic E-state index is 0.143. The number of carbonyl (C=O) groups excluding carboxylic acids is 3. The Kier molecular flexibility index (Phi) is 50.0. The quantitative estimate of drug-likeness (QED) is 0.0197. The highest BCUT2D eigenvalue weighted by atomic mass is 31.2. The standard InChI is InChI=1S/C58H101O11P/c1-4-7-10-13-16-19-22-25-27-30-32-35-38-41-44-47-56(60)65-51-55(69-58(62)49-46-43-40-37-34-31-28-26-23-20-17-14-11-8-5-2)53-67-70(63,64)66-52-54(50-59)68-57(61)48-45-42-39-36-33-29-24-21-18-15-12-9-6-3/h8,11,16-17,19-21,24-28,54-55,59H,4-7,9-10,12-15,18,22-23,29-53H2,1-3H3,(H,63,64)/b11-8-,19-16-,20-17-,24-21-,27-25-,28-26-. The van der Waals surface area contributed by atoms with Crippen molar-refractivity contribution in [1.29, 1.82) is 0 Å². The maximum Gasteiger partial charge on any atom is 0.472 e. The van der Waals surface area contributed by atoms with E-state index >= 15 is 0 Å². The highest BCUT2D eigenvalue weighted by Gasteiger charge is 2.28. The summed E-state index contributed by atoms with van der Waals surface area (Å²) in [6.07, 6.45) is 57.1. The van der Waals surface area contributed by atoms with Gasteiger partial charge in [-0.1, -0.05) is 184 Å². The topological polar surface area (TPSA) is 155 Å². The van der Waals surface area contributed by atoms with Crippen molar-refractivity contribution in [3.63, 3.8) is 0 Å². The summed E-state index contributed by atoms with van der Waals surface area (Å²) in [6.45, 7) is 4.44. The number of phosphoric acid groups is 1. The molecule has 0 heterocycles. The number of ether oxygens (including phenoxy) is 3. The third-order valence-corrected chi connectivity index (χ3v) is 12.5. The zero-order chi connectivity index (χ0) is 51.3. The number of hydrogen-bond acceptors (Lipinski definition) is 10. The van der Waals surface area contributed by atoms with E-state index in [9.17, 15) is 28.9 Å². The second kappa shape index (κ2) is 52.2. The van der Waals surface area contributed by atoms with E-state index in [-0.39, 0.29) is 25.9 Å². The Labute approximate surface area is 427 Å². The van der Waals surface area contributed by atoms with E-state index < -0.39 is 57.8 Å². The van der Waals surface area contributed by atoms with Crippen LogP contribution in [0.3, 0.4) is 0 Å². The van der Waals surface area contributed by atoms with E-state index in [4.69, 9.17) is 23.3 Å². The fraction of sp³-hybridized carbons (Fsp3) is 0.741. The molecule has 0 radical (unpaired) electrons. The molecule has 70 heavy (non-hydrogen) atoms. The molecule has 404 valence electrons. The molecule has 0 bridgehead atoms. The van der Waals surface area contributed by atoms with E-state index in [0.717, 1.165) is 135 Å². The molecule has 3 unspecified atom stereocenters. The molecule has 0 aromatic rings. The number of rotatable bonds is 51. The number of hydrogen-bond donors (Lipinski definition) is 2. The van der Waals surface area contributed by atoms with E-state index in [2.05, 4.69) is 93.7 Å². The van der Waals surface area contributed by atoms with Crippen molar-refractivity contribution in [2.45, 2.75) is 251 Å². The van der Waals surface area contributed by atoms with Gasteiger partial charge >= 0.3 is 25.7 Å². The van der Waals surface area contributed by atoms with Gasteiger partial charge in [0.1, 0.15) is 12.7 Å². The van der Waals surface area contributed by atoms with Crippen LogP contribution in [0.2, 0.25) is 0 Å². The lowest BCUT2D eigenvalue weighted by Crippen LogP contribution is -2.30. The molecule has 0 saturated heterocycles. The van der Waals surface area contributed by atoms with Gasteiger partial charge < -0.3 is 24.2 Å². The summed E-state index contributed by atoms with van der Waals surface area (Å²) in [5, 5.41) is 9.79. The van der Waals surface area contributed by atoms with Gasteiger partial charge in [0.15, 0.2) is 6.10 Å². The Hall–Kier alpha value is -3.08. The van der Waals surface area contributed by atoms with Crippen LogP contribution in [0, 0.1) is 0 Å². The third kappa shape index (κ3) is 49.9. The summed E-state index contributed by atoms with van der Waals surface area (Å²) >= 11 is 0. The first-order valence-corrected chi connectivity index (χ1v) is 29.3. The Morgan fingerprint density at radius 3 is 1.19 bits per heavy atom. The number of aliphatic hydroxyl groups excluding tert-OH is 1. The van der Waals surface area contributed by atoms with Crippen molar-refractivity contribution in [2.75, 3.05) is 26.4 Å². The fourth-order valence-electron chi connectivity index (χ4n) is 7.34. The highest BCUT2D eigenvalue weighted by Crippen LogP contribution is 2.43. The zero-order valence-electron chi connectivity index (χ0n) is 44.5. The lowest BCUT2D eigenvalue weighted by Gasteiger charge is -2.21. The number of unbranched alkanes of at least 4 members (excludes halogenated alkanes) is 22. The molecule has 0 aliphatic carbocycles. The third-order valence-electron chi connectivity index (χ3n) is 11.6. The van der Waals surface area contributed by atoms with Crippen LogP contribution >= 0.6 is 7.82 Å². The maximum absolute atomic E-state index is 12.9. The smallest absolute Gasteiger partial charge is 0.462 e. The predicted molar refractivity (Wildman–Crippen MR) is 288 cm³/mol. The molecule has 0 amide bonds. The first kappa shape index (κ1) is 66.9. The van der Waals surface area contributed by atoms with Crippen LogP contribution in [0.1, 0.15) is 239 Å². The Morgan fingerprint density at radius 2 is 0.743 bits per heavy atom. The molecule has 11 nitrogen and oxygen atoms in total. The van der Waals surface area contributed by atoms with Gasteiger partial charge in [-0.05, 0) is 109 Å². The molecular formula is C58H101O11P. The van der Waals surface area contributed by atoms with Crippen LogP contribution in [0.15, 0.2) is 72.9 Å². The van der Waals surface area contributed by atoms with Gasteiger partial charge in [-0.2, -0.15) is 0 Å². The van der Waals surface area contributed by atoms with Gasteiger partial charge in [0.2, 0.25) is 0 Å².